The zero-order valence-corrected chi connectivity index (χ0v) is 18.7. The summed E-state index contributed by atoms with van der Waals surface area (Å²) in [7, 11) is -3.31. The minimum atomic E-state index is -3.31. The number of carbonyl (C=O) groups is 1. The highest BCUT2D eigenvalue weighted by atomic mass is 35.5. The molecule has 0 radical (unpaired) electrons. The molecule has 29 heavy (non-hydrogen) atoms. The Morgan fingerprint density at radius 2 is 1.66 bits per heavy atom. The summed E-state index contributed by atoms with van der Waals surface area (Å²) in [5.41, 5.74) is 2.38. The van der Waals surface area contributed by atoms with Gasteiger partial charge in [-0.25, -0.2) is 8.42 Å². The highest BCUT2D eigenvalue weighted by Crippen LogP contribution is 2.23. The van der Waals surface area contributed by atoms with E-state index in [1.807, 2.05) is 12.1 Å². The van der Waals surface area contributed by atoms with Crippen molar-refractivity contribution in [3.8, 4) is 0 Å². The summed E-state index contributed by atoms with van der Waals surface area (Å²) in [6, 6.07) is 14.6. The maximum absolute atomic E-state index is 12.7. The molecule has 2 aromatic carbocycles. The number of nitrogens with one attached hydrogen (secondary N) is 1. The van der Waals surface area contributed by atoms with E-state index in [4.69, 9.17) is 11.6 Å². The number of carbonyl (C=O) groups excluding carboxylic acids is 1. The van der Waals surface area contributed by atoms with Gasteiger partial charge in [0.05, 0.1) is 6.26 Å². The van der Waals surface area contributed by atoms with E-state index >= 15 is 0 Å². The first-order valence-electron chi connectivity index (χ1n) is 9.39. The number of sulfonamides is 1. The van der Waals surface area contributed by atoms with Crippen LogP contribution >= 0.6 is 24.0 Å². The van der Waals surface area contributed by atoms with Crippen molar-refractivity contribution in [3.63, 3.8) is 0 Å². The highest BCUT2D eigenvalue weighted by Gasteiger charge is 2.25. The van der Waals surface area contributed by atoms with Gasteiger partial charge in [-0.3, -0.25) is 9.52 Å². The fraction of sp³-hybridized carbons (Fsp3) is 0.381. The highest BCUT2D eigenvalue weighted by molar-refractivity contribution is 7.92. The van der Waals surface area contributed by atoms with E-state index in [2.05, 4.69) is 21.8 Å². The second-order valence-corrected chi connectivity index (χ2v) is 9.49. The molecule has 158 valence electrons. The number of hydrogen-bond donors (Lipinski definition) is 1. The number of ketones is 1. The Hall–Kier alpha value is -1.60. The first-order valence-corrected chi connectivity index (χ1v) is 11.7. The standard InChI is InChI=1S/C21H25ClN2O3S.ClH/c1-28(26,27)23-20-8-4-17(5-9-20)21(25)18-11-14-24(15-12-18)13-10-16-2-6-19(22)7-3-16;/h2-9,18,23H,10-15H2,1H3;1H. The van der Waals surface area contributed by atoms with Crippen LogP contribution in [0.1, 0.15) is 28.8 Å². The van der Waals surface area contributed by atoms with Crippen molar-refractivity contribution in [2.24, 2.45) is 5.92 Å². The summed E-state index contributed by atoms with van der Waals surface area (Å²) >= 11 is 5.92. The number of anilines is 1. The summed E-state index contributed by atoms with van der Waals surface area (Å²) in [6.45, 7) is 2.81. The molecular formula is C21H26Cl2N2O3S. The third-order valence-corrected chi connectivity index (χ3v) is 5.92. The van der Waals surface area contributed by atoms with Crippen molar-refractivity contribution >= 4 is 45.5 Å². The van der Waals surface area contributed by atoms with Crippen molar-refractivity contribution in [3.05, 3.63) is 64.7 Å². The quantitative estimate of drug-likeness (QED) is 0.631. The Morgan fingerprint density at radius 1 is 1.07 bits per heavy atom. The van der Waals surface area contributed by atoms with E-state index < -0.39 is 10.0 Å². The lowest BCUT2D eigenvalue weighted by Gasteiger charge is -2.31. The van der Waals surface area contributed by atoms with Gasteiger partial charge in [-0.1, -0.05) is 23.7 Å². The summed E-state index contributed by atoms with van der Waals surface area (Å²) in [4.78, 5) is 15.1. The molecule has 0 bridgehead atoms. The number of piperidine rings is 1. The number of halogens is 2. The van der Waals surface area contributed by atoms with Crippen LogP contribution in [0, 0.1) is 5.92 Å². The van der Waals surface area contributed by atoms with Crippen LogP contribution in [0.2, 0.25) is 5.02 Å². The minimum absolute atomic E-state index is 0. The lowest BCUT2D eigenvalue weighted by Crippen LogP contribution is -2.37. The molecule has 0 atom stereocenters. The summed E-state index contributed by atoms with van der Waals surface area (Å²) in [6.07, 6.45) is 3.78. The minimum Gasteiger partial charge on any atom is -0.303 e. The molecule has 1 aliphatic heterocycles. The Bertz CT molecular complexity index is 908. The molecule has 0 saturated carbocycles. The van der Waals surface area contributed by atoms with E-state index in [0.29, 0.717) is 11.3 Å². The molecule has 3 rings (SSSR count). The average Bonchev–Trinajstić information content (AvgIpc) is 2.67. The second kappa shape index (κ2) is 10.4. The van der Waals surface area contributed by atoms with Crippen molar-refractivity contribution in [2.75, 3.05) is 30.6 Å². The van der Waals surface area contributed by atoms with Crippen molar-refractivity contribution in [2.45, 2.75) is 19.3 Å². The number of Topliss-reactive ketones (excluding diaryl/α,β-unsaturated/α-hetero) is 1. The third kappa shape index (κ3) is 7.30. The Kier molecular flexibility index (Phi) is 8.52. The number of benzene rings is 2. The van der Waals surface area contributed by atoms with Gasteiger partial charge in [-0.05, 0) is 74.3 Å². The molecule has 0 aromatic heterocycles. The molecule has 0 spiro atoms. The fourth-order valence-electron chi connectivity index (χ4n) is 3.51. The molecule has 0 aliphatic carbocycles. The Balaban J connectivity index is 0.00000300. The van der Waals surface area contributed by atoms with Crippen molar-refractivity contribution in [1.82, 2.24) is 4.90 Å². The summed E-state index contributed by atoms with van der Waals surface area (Å²) in [5.74, 6) is 0.170. The van der Waals surface area contributed by atoms with Crippen LogP contribution in [-0.2, 0) is 16.4 Å². The molecule has 0 amide bonds. The zero-order valence-electron chi connectivity index (χ0n) is 16.3. The van der Waals surface area contributed by atoms with Gasteiger partial charge in [0.1, 0.15) is 0 Å². The smallest absolute Gasteiger partial charge is 0.229 e. The van der Waals surface area contributed by atoms with Gasteiger partial charge in [0, 0.05) is 28.7 Å². The molecule has 0 unspecified atom stereocenters. The van der Waals surface area contributed by atoms with E-state index in [0.717, 1.165) is 50.2 Å². The first kappa shape index (κ1) is 23.7. The van der Waals surface area contributed by atoms with Gasteiger partial charge in [0.25, 0.3) is 0 Å². The van der Waals surface area contributed by atoms with E-state index in [-0.39, 0.29) is 24.1 Å². The van der Waals surface area contributed by atoms with Crippen molar-refractivity contribution < 1.29 is 13.2 Å². The summed E-state index contributed by atoms with van der Waals surface area (Å²) < 4.78 is 24.9. The summed E-state index contributed by atoms with van der Waals surface area (Å²) in [5, 5.41) is 0.753. The SMILES string of the molecule is CS(=O)(=O)Nc1ccc(C(=O)C2CCN(CCc3ccc(Cl)cc3)CC2)cc1.Cl. The van der Waals surface area contributed by atoms with Gasteiger partial charge >= 0.3 is 0 Å². The molecular weight excluding hydrogens is 431 g/mol. The first-order chi connectivity index (χ1) is 13.3. The van der Waals surface area contributed by atoms with Crippen LogP contribution in [0.25, 0.3) is 0 Å². The number of hydrogen-bond acceptors (Lipinski definition) is 4. The molecule has 5 nitrogen and oxygen atoms in total. The predicted molar refractivity (Wildman–Crippen MR) is 121 cm³/mol. The molecule has 8 heteroatoms. The van der Waals surface area contributed by atoms with E-state index in [1.165, 1.54) is 5.56 Å². The van der Waals surface area contributed by atoms with Gasteiger partial charge in [0.2, 0.25) is 10.0 Å². The largest absolute Gasteiger partial charge is 0.303 e. The van der Waals surface area contributed by atoms with Crippen LogP contribution in [0.15, 0.2) is 48.5 Å². The molecule has 2 aromatic rings. The van der Waals surface area contributed by atoms with Gasteiger partial charge < -0.3 is 4.90 Å². The van der Waals surface area contributed by atoms with Gasteiger partial charge in [-0.2, -0.15) is 0 Å². The van der Waals surface area contributed by atoms with Crippen molar-refractivity contribution in [1.29, 1.82) is 0 Å². The van der Waals surface area contributed by atoms with Gasteiger partial charge in [-0.15, -0.1) is 12.4 Å². The Labute approximate surface area is 183 Å². The normalized spacial score (nSPS) is 15.5. The van der Waals surface area contributed by atoms with Crippen LogP contribution in [0.5, 0.6) is 0 Å². The molecule has 1 fully saturated rings. The lowest BCUT2D eigenvalue weighted by molar-refractivity contribution is 0.0841. The molecule has 1 aliphatic rings. The maximum atomic E-state index is 12.7. The average molecular weight is 457 g/mol. The molecule has 1 saturated heterocycles. The number of rotatable bonds is 7. The van der Waals surface area contributed by atoms with Crippen LogP contribution in [0.3, 0.4) is 0 Å². The van der Waals surface area contributed by atoms with Crippen LogP contribution < -0.4 is 4.72 Å². The Morgan fingerprint density at radius 3 is 2.21 bits per heavy atom. The molecule has 1 N–H and O–H groups in total. The van der Waals surface area contributed by atoms with E-state index in [9.17, 15) is 13.2 Å². The van der Waals surface area contributed by atoms with Crippen LogP contribution in [0.4, 0.5) is 5.69 Å². The third-order valence-electron chi connectivity index (χ3n) is 5.06. The van der Waals surface area contributed by atoms with Gasteiger partial charge in [0.15, 0.2) is 5.78 Å². The lowest BCUT2D eigenvalue weighted by atomic mass is 9.88. The zero-order chi connectivity index (χ0) is 20.1. The van der Waals surface area contributed by atoms with Crippen LogP contribution in [-0.4, -0.2) is 45.0 Å². The number of likely N-dealkylation sites (tertiary alicyclic amines) is 1. The van der Waals surface area contributed by atoms with E-state index in [1.54, 1.807) is 24.3 Å². The second-order valence-electron chi connectivity index (χ2n) is 7.31. The topological polar surface area (TPSA) is 66.5 Å². The maximum Gasteiger partial charge on any atom is 0.229 e. The predicted octanol–water partition coefficient (Wildman–Crippen LogP) is 4.27. The fourth-order valence-corrected chi connectivity index (χ4v) is 4.20. The number of nitrogens with zero attached hydrogens (tertiary/aromatic N) is 1. The monoisotopic (exact) mass is 456 g/mol. The molecule has 1 heterocycles.